The number of quaternary nitrogens is 1. The maximum absolute atomic E-state index is 10.4. The third kappa shape index (κ3) is 9.93. The molecule has 16 heavy (non-hydrogen) atoms. The van der Waals surface area contributed by atoms with Gasteiger partial charge in [0.15, 0.2) is 0 Å². The highest BCUT2D eigenvalue weighted by atomic mass is 16.4. The summed E-state index contributed by atoms with van der Waals surface area (Å²) >= 11 is 0. The molecule has 0 bridgehead atoms. The molecule has 0 aliphatic heterocycles. The lowest BCUT2D eigenvalue weighted by atomic mass is 10.2. The molecule has 96 valence electrons. The number of carboxylic acid groups (broad SMARTS) is 1. The summed E-state index contributed by atoms with van der Waals surface area (Å²) in [5.41, 5.74) is 0. The minimum Gasteiger partial charge on any atom is -0.481 e. The first-order valence-corrected chi connectivity index (χ1v) is 6.02. The van der Waals surface area contributed by atoms with Crippen molar-refractivity contribution in [3.05, 3.63) is 0 Å². The SMILES string of the molecule is CN(C)CCC[N+](C)(C)CCCCC(=O)O. The van der Waals surface area contributed by atoms with Gasteiger partial charge in [-0.15, -0.1) is 0 Å². The molecule has 0 saturated heterocycles. The summed E-state index contributed by atoms with van der Waals surface area (Å²) in [5.74, 6) is -0.682. The van der Waals surface area contributed by atoms with Crippen molar-refractivity contribution in [2.45, 2.75) is 25.7 Å². The standard InChI is InChI=1S/C12H26N2O2/c1-13(2)9-7-11-14(3,4)10-6-5-8-12(15)16/h5-11H2,1-4H3/p+1. The van der Waals surface area contributed by atoms with E-state index >= 15 is 0 Å². The minimum absolute atomic E-state index is 0.303. The summed E-state index contributed by atoms with van der Waals surface area (Å²) in [6, 6.07) is 0. The van der Waals surface area contributed by atoms with Gasteiger partial charge in [-0.2, -0.15) is 0 Å². The molecule has 0 atom stereocenters. The summed E-state index contributed by atoms with van der Waals surface area (Å²) in [7, 11) is 8.62. The fourth-order valence-corrected chi connectivity index (χ4v) is 1.74. The van der Waals surface area contributed by atoms with Gasteiger partial charge in [0.1, 0.15) is 0 Å². The van der Waals surface area contributed by atoms with Crippen molar-refractivity contribution in [2.24, 2.45) is 0 Å². The quantitative estimate of drug-likeness (QED) is 0.480. The Kier molecular flexibility index (Phi) is 7.34. The smallest absolute Gasteiger partial charge is 0.303 e. The zero-order valence-corrected chi connectivity index (χ0v) is 11.2. The predicted octanol–water partition coefficient (Wildman–Crippen LogP) is 1.27. The average Bonchev–Trinajstić information content (AvgIpc) is 2.11. The molecule has 4 nitrogen and oxygen atoms in total. The molecule has 0 aromatic heterocycles. The Morgan fingerprint density at radius 3 is 2.19 bits per heavy atom. The van der Waals surface area contributed by atoms with Gasteiger partial charge in [0.2, 0.25) is 0 Å². The molecule has 0 rings (SSSR count). The van der Waals surface area contributed by atoms with Crippen LogP contribution in [-0.4, -0.2) is 68.3 Å². The normalized spacial score (nSPS) is 12.1. The number of unbranched alkanes of at least 4 members (excludes halogenated alkanes) is 1. The van der Waals surface area contributed by atoms with Gasteiger partial charge in [-0.05, 0) is 26.9 Å². The molecule has 4 heteroatoms. The van der Waals surface area contributed by atoms with E-state index in [0.29, 0.717) is 6.42 Å². The van der Waals surface area contributed by atoms with Crippen LogP contribution in [0.15, 0.2) is 0 Å². The first kappa shape index (κ1) is 15.4. The molecule has 0 aliphatic rings. The van der Waals surface area contributed by atoms with Crippen LogP contribution < -0.4 is 0 Å². The monoisotopic (exact) mass is 231 g/mol. The fourth-order valence-electron chi connectivity index (χ4n) is 1.74. The van der Waals surface area contributed by atoms with Crippen LogP contribution >= 0.6 is 0 Å². The number of nitrogens with zero attached hydrogens (tertiary/aromatic N) is 2. The van der Waals surface area contributed by atoms with Gasteiger partial charge in [-0.25, -0.2) is 0 Å². The molecule has 0 unspecified atom stereocenters. The van der Waals surface area contributed by atoms with E-state index in [-0.39, 0.29) is 0 Å². The van der Waals surface area contributed by atoms with Crippen LogP contribution in [0.3, 0.4) is 0 Å². The third-order valence-corrected chi connectivity index (χ3v) is 2.77. The largest absolute Gasteiger partial charge is 0.481 e. The lowest BCUT2D eigenvalue weighted by molar-refractivity contribution is -0.890. The summed E-state index contributed by atoms with van der Waals surface area (Å²) < 4.78 is 0.994. The Labute approximate surface area is 99.4 Å². The van der Waals surface area contributed by atoms with Gasteiger partial charge in [0.25, 0.3) is 0 Å². The Morgan fingerprint density at radius 1 is 1.12 bits per heavy atom. The third-order valence-electron chi connectivity index (χ3n) is 2.77. The maximum atomic E-state index is 10.4. The lowest BCUT2D eigenvalue weighted by Crippen LogP contribution is -2.42. The van der Waals surface area contributed by atoms with E-state index in [2.05, 4.69) is 33.1 Å². The van der Waals surface area contributed by atoms with Crippen LogP contribution in [0.2, 0.25) is 0 Å². The van der Waals surface area contributed by atoms with Crippen LogP contribution in [0, 0.1) is 0 Å². The molecule has 0 spiro atoms. The van der Waals surface area contributed by atoms with E-state index in [1.54, 1.807) is 0 Å². The second-order valence-corrected chi connectivity index (χ2v) is 5.39. The van der Waals surface area contributed by atoms with Crippen LogP contribution in [0.1, 0.15) is 25.7 Å². The molecular weight excluding hydrogens is 204 g/mol. The molecule has 0 radical (unpaired) electrons. The lowest BCUT2D eigenvalue weighted by Gasteiger charge is -2.30. The number of hydrogen-bond acceptors (Lipinski definition) is 2. The Morgan fingerprint density at radius 2 is 1.69 bits per heavy atom. The van der Waals surface area contributed by atoms with E-state index in [4.69, 9.17) is 5.11 Å². The summed E-state index contributed by atoms with van der Waals surface area (Å²) in [4.78, 5) is 12.6. The van der Waals surface area contributed by atoms with Crippen molar-refractivity contribution in [1.82, 2.24) is 4.90 Å². The Bertz CT molecular complexity index is 203. The molecule has 0 heterocycles. The molecule has 0 aromatic carbocycles. The second-order valence-electron chi connectivity index (χ2n) is 5.39. The van der Waals surface area contributed by atoms with Gasteiger partial charge in [-0.1, -0.05) is 0 Å². The molecule has 0 fully saturated rings. The van der Waals surface area contributed by atoms with E-state index in [1.165, 1.54) is 6.42 Å². The van der Waals surface area contributed by atoms with Crippen molar-refractivity contribution in [1.29, 1.82) is 0 Å². The molecule has 1 N–H and O–H groups in total. The van der Waals surface area contributed by atoms with E-state index in [1.807, 2.05) is 0 Å². The van der Waals surface area contributed by atoms with Crippen LogP contribution in [0.5, 0.6) is 0 Å². The zero-order valence-electron chi connectivity index (χ0n) is 11.2. The van der Waals surface area contributed by atoms with Crippen molar-refractivity contribution in [3.63, 3.8) is 0 Å². The van der Waals surface area contributed by atoms with E-state index < -0.39 is 5.97 Å². The molecule has 0 saturated carbocycles. The highest BCUT2D eigenvalue weighted by Gasteiger charge is 2.14. The Balaban J connectivity index is 3.57. The zero-order chi connectivity index (χ0) is 12.6. The van der Waals surface area contributed by atoms with Crippen LogP contribution in [0.25, 0.3) is 0 Å². The number of hydrogen-bond donors (Lipinski definition) is 1. The first-order chi connectivity index (χ1) is 7.33. The fraction of sp³-hybridized carbons (Fsp3) is 0.917. The van der Waals surface area contributed by atoms with Crippen LogP contribution in [0.4, 0.5) is 0 Å². The first-order valence-electron chi connectivity index (χ1n) is 6.02. The number of aliphatic carboxylic acids is 1. The van der Waals surface area contributed by atoms with Crippen molar-refractivity contribution in [3.8, 4) is 0 Å². The summed E-state index contributed by atoms with van der Waals surface area (Å²) in [6.07, 6.45) is 3.29. The molecule has 0 amide bonds. The minimum atomic E-state index is -0.682. The van der Waals surface area contributed by atoms with Gasteiger partial charge >= 0.3 is 5.97 Å². The topological polar surface area (TPSA) is 40.5 Å². The van der Waals surface area contributed by atoms with Gasteiger partial charge in [0, 0.05) is 19.4 Å². The van der Waals surface area contributed by atoms with Crippen molar-refractivity contribution < 1.29 is 14.4 Å². The molecule has 0 aromatic rings. The summed E-state index contributed by atoms with van der Waals surface area (Å²) in [6.45, 7) is 3.35. The van der Waals surface area contributed by atoms with Gasteiger partial charge < -0.3 is 14.5 Å². The van der Waals surface area contributed by atoms with Gasteiger partial charge in [0.05, 0.1) is 27.2 Å². The molecule has 0 aliphatic carbocycles. The van der Waals surface area contributed by atoms with Gasteiger partial charge in [-0.3, -0.25) is 4.79 Å². The van der Waals surface area contributed by atoms with E-state index in [0.717, 1.165) is 37.0 Å². The highest BCUT2D eigenvalue weighted by Crippen LogP contribution is 2.05. The molecular formula is C12H27N2O2+. The van der Waals surface area contributed by atoms with Crippen molar-refractivity contribution in [2.75, 3.05) is 47.8 Å². The maximum Gasteiger partial charge on any atom is 0.303 e. The average molecular weight is 231 g/mol. The second kappa shape index (κ2) is 7.63. The number of carbonyl (C=O) groups is 1. The Hall–Kier alpha value is -0.610. The van der Waals surface area contributed by atoms with E-state index in [9.17, 15) is 4.79 Å². The number of rotatable bonds is 9. The predicted molar refractivity (Wildman–Crippen MR) is 66.5 cm³/mol. The van der Waals surface area contributed by atoms with Crippen molar-refractivity contribution >= 4 is 5.97 Å². The summed E-state index contributed by atoms with van der Waals surface area (Å²) in [5, 5.41) is 8.53. The highest BCUT2D eigenvalue weighted by molar-refractivity contribution is 5.66. The number of carboxylic acids is 1. The van der Waals surface area contributed by atoms with Crippen LogP contribution in [-0.2, 0) is 4.79 Å².